The number of thiophene rings is 1. The first kappa shape index (κ1) is 33.8. The molecule has 0 spiro atoms. The Hall–Kier alpha value is -7.27. The minimum Gasteiger partial charge on any atom is -0.309 e. The third-order valence-corrected chi connectivity index (χ3v) is 13.4. The van der Waals surface area contributed by atoms with Crippen molar-refractivity contribution >= 4 is 75.1 Å². The number of rotatable bonds is 5. The first-order valence-corrected chi connectivity index (χ1v) is 20.9. The van der Waals surface area contributed by atoms with Crippen molar-refractivity contribution in [1.82, 2.24) is 9.13 Å². The summed E-state index contributed by atoms with van der Waals surface area (Å²) in [6.07, 6.45) is 0. The fraction of sp³-hybridized carbons (Fsp3) is 0.0182. The van der Waals surface area contributed by atoms with E-state index in [0.717, 1.165) is 44.7 Å². The van der Waals surface area contributed by atoms with Gasteiger partial charge in [0.15, 0.2) is 0 Å². The zero-order valence-electron chi connectivity index (χ0n) is 32.2. The second kappa shape index (κ2) is 13.1. The predicted octanol–water partition coefficient (Wildman–Crippen LogP) is 15.7. The minimum atomic E-state index is -0.213. The van der Waals surface area contributed by atoms with Gasteiger partial charge in [-0.3, -0.25) is 0 Å². The quantitative estimate of drug-likeness (QED) is 0.165. The topological polar surface area (TPSA) is 9.86 Å². The highest BCUT2D eigenvalue weighted by Crippen LogP contribution is 2.44. The fourth-order valence-electron chi connectivity index (χ4n) is 9.50. The van der Waals surface area contributed by atoms with Crippen LogP contribution >= 0.6 is 11.3 Å². The van der Waals surface area contributed by atoms with Crippen molar-refractivity contribution in [2.45, 2.75) is 6.92 Å². The van der Waals surface area contributed by atoms with Crippen LogP contribution in [0.1, 0.15) is 5.56 Å². The molecule has 12 aromatic rings. The molecule has 59 heavy (non-hydrogen) atoms. The van der Waals surface area contributed by atoms with Crippen LogP contribution < -0.4 is 0 Å². The molecule has 9 aromatic carbocycles. The van der Waals surface area contributed by atoms with Gasteiger partial charge in [-0.2, -0.15) is 0 Å². The third-order valence-electron chi connectivity index (χ3n) is 12.2. The number of hydrogen-bond acceptors (Lipinski definition) is 1. The van der Waals surface area contributed by atoms with Crippen LogP contribution in [-0.4, -0.2) is 9.13 Å². The Morgan fingerprint density at radius 3 is 1.66 bits per heavy atom. The van der Waals surface area contributed by atoms with Crippen LogP contribution in [0.2, 0.25) is 0 Å². The second-order valence-corrected chi connectivity index (χ2v) is 16.5. The van der Waals surface area contributed by atoms with Crippen LogP contribution in [-0.2, 0) is 0 Å². The standard InChI is InChI=1S/C55H35FN2S/c1-34-39(41-15-5-8-22-49(41)56)18-11-19-40(34)44-20-12-21-45-42-16-6-10-24-51(42)58(55(44)45)38-27-30-54-48(33-38)47-32-37(26-29-53(47)59-54)57-50-23-9-7-17-43(50)46-31-36(25-28-52(46)57)35-13-3-2-4-14-35/h2-33H,1H3. The summed E-state index contributed by atoms with van der Waals surface area (Å²) in [6.45, 7) is 2.11. The minimum absolute atomic E-state index is 0.213. The van der Waals surface area contributed by atoms with Crippen molar-refractivity contribution in [3.05, 3.63) is 206 Å². The van der Waals surface area contributed by atoms with Crippen LogP contribution in [0.4, 0.5) is 4.39 Å². The summed E-state index contributed by atoms with van der Waals surface area (Å²) in [7, 11) is 0. The normalized spacial score (nSPS) is 11.9. The highest BCUT2D eigenvalue weighted by molar-refractivity contribution is 7.25. The average molecular weight is 775 g/mol. The summed E-state index contributed by atoms with van der Waals surface area (Å²) < 4.78 is 22.6. The summed E-state index contributed by atoms with van der Waals surface area (Å²) in [4.78, 5) is 0. The molecule has 0 aliphatic carbocycles. The SMILES string of the molecule is Cc1c(-c2ccccc2F)cccc1-c1cccc2c3ccccc3n(-c3ccc4sc5ccc(-n6c7ccccc7c7cc(-c8ccccc8)ccc76)cc5c4c3)c12. The molecule has 0 radical (unpaired) electrons. The molecule has 0 bridgehead atoms. The van der Waals surface area contributed by atoms with Crippen molar-refractivity contribution in [1.29, 1.82) is 0 Å². The number of fused-ring (bicyclic) bond motifs is 9. The first-order chi connectivity index (χ1) is 29.1. The maximum Gasteiger partial charge on any atom is 0.131 e. The molecular weight excluding hydrogens is 740 g/mol. The lowest BCUT2D eigenvalue weighted by atomic mass is 9.91. The van der Waals surface area contributed by atoms with Gasteiger partial charge < -0.3 is 9.13 Å². The van der Waals surface area contributed by atoms with Crippen molar-refractivity contribution in [2.24, 2.45) is 0 Å². The van der Waals surface area contributed by atoms with Crippen molar-refractivity contribution < 1.29 is 4.39 Å². The molecule has 0 aliphatic heterocycles. The van der Waals surface area contributed by atoms with Crippen molar-refractivity contribution in [2.75, 3.05) is 0 Å². The van der Waals surface area contributed by atoms with E-state index < -0.39 is 0 Å². The molecule has 4 heteroatoms. The van der Waals surface area contributed by atoms with Crippen LogP contribution in [0, 0.1) is 12.7 Å². The van der Waals surface area contributed by atoms with E-state index in [-0.39, 0.29) is 5.82 Å². The van der Waals surface area contributed by atoms with E-state index in [1.165, 1.54) is 69.9 Å². The lowest BCUT2D eigenvalue weighted by molar-refractivity contribution is 0.631. The molecule has 0 fully saturated rings. The number of benzene rings is 9. The van der Waals surface area contributed by atoms with E-state index >= 15 is 4.39 Å². The van der Waals surface area contributed by atoms with Gasteiger partial charge in [0.25, 0.3) is 0 Å². The Balaban J connectivity index is 1.06. The molecule has 0 N–H and O–H groups in total. The Kier molecular flexibility index (Phi) is 7.53. The average Bonchev–Trinajstić information content (AvgIpc) is 3.94. The molecule has 0 saturated carbocycles. The first-order valence-electron chi connectivity index (χ1n) is 20.0. The second-order valence-electron chi connectivity index (χ2n) is 15.4. The lowest BCUT2D eigenvalue weighted by Crippen LogP contribution is -1.97. The van der Waals surface area contributed by atoms with Crippen LogP contribution in [0.3, 0.4) is 0 Å². The molecule has 278 valence electrons. The van der Waals surface area contributed by atoms with Gasteiger partial charge in [-0.25, -0.2) is 4.39 Å². The zero-order valence-corrected chi connectivity index (χ0v) is 33.0. The molecule has 2 nitrogen and oxygen atoms in total. The maximum atomic E-state index is 15.2. The number of para-hydroxylation sites is 3. The number of nitrogens with zero attached hydrogens (tertiary/aromatic N) is 2. The molecule has 3 aromatic heterocycles. The van der Waals surface area contributed by atoms with Gasteiger partial charge in [0.2, 0.25) is 0 Å². The zero-order chi connectivity index (χ0) is 39.2. The molecule has 0 saturated heterocycles. The molecule has 0 aliphatic rings. The van der Waals surface area contributed by atoms with Gasteiger partial charge in [-0.05, 0) is 101 Å². The number of aromatic nitrogens is 2. The smallest absolute Gasteiger partial charge is 0.131 e. The van der Waals surface area contributed by atoms with Gasteiger partial charge in [0.1, 0.15) is 5.82 Å². The van der Waals surface area contributed by atoms with E-state index in [1.807, 2.05) is 29.5 Å². The van der Waals surface area contributed by atoms with E-state index in [1.54, 1.807) is 6.07 Å². The van der Waals surface area contributed by atoms with Gasteiger partial charge >= 0.3 is 0 Å². The monoisotopic (exact) mass is 774 g/mol. The number of halogens is 1. The van der Waals surface area contributed by atoms with Crippen LogP contribution in [0.5, 0.6) is 0 Å². The predicted molar refractivity (Wildman–Crippen MR) is 249 cm³/mol. The summed E-state index contributed by atoms with van der Waals surface area (Å²) in [6, 6.07) is 68.7. The van der Waals surface area contributed by atoms with Gasteiger partial charge in [-0.15, -0.1) is 11.3 Å². The molecule has 0 amide bonds. The van der Waals surface area contributed by atoms with Crippen molar-refractivity contribution in [3.63, 3.8) is 0 Å². The van der Waals surface area contributed by atoms with Crippen molar-refractivity contribution in [3.8, 4) is 44.8 Å². The summed E-state index contributed by atoms with van der Waals surface area (Å²) in [5, 5.41) is 7.36. The van der Waals surface area contributed by atoms with Gasteiger partial charge in [-0.1, -0.05) is 127 Å². The Morgan fingerprint density at radius 1 is 0.373 bits per heavy atom. The fourth-order valence-corrected chi connectivity index (χ4v) is 10.6. The Bertz CT molecular complexity index is 3640. The lowest BCUT2D eigenvalue weighted by Gasteiger charge is -2.16. The third kappa shape index (κ3) is 5.16. The summed E-state index contributed by atoms with van der Waals surface area (Å²) >= 11 is 1.84. The molecule has 12 rings (SSSR count). The Morgan fingerprint density at radius 2 is 0.915 bits per heavy atom. The largest absolute Gasteiger partial charge is 0.309 e. The van der Waals surface area contributed by atoms with Crippen LogP contribution in [0.25, 0.3) is 109 Å². The summed E-state index contributed by atoms with van der Waals surface area (Å²) in [5.74, 6) is -0.213. The molecule has 3 heterocycles. The van der Waals surface area contributed by atoms with E-state index in [2.05, 4.69) is 180 Å². The van der Waals surface area contributed by atoms with E-state index in [0.29, 0.717) is 5.56 Å². The highest BCUT2D eigenvalue weighted by atomic mass is 32.1. The highest BCUT2D eigenvalue weighted by Gasteiger charge is 2.20. The molecule has 0 atom stereocenters. The van der Waals surface area contributed by atoms with E-state index in [9.17, 15) is 0 Å². The number of hydrogen-bond donors (Lipinski definition) is 0. The van der Waals surface area contributed by atoms with Gasteiger partial charge in [0, 0.05) is 64.2 Å². The van der Waals surface area contributed by atoms with Crippen LogP contribution in [0.15, 0.2) is 194 Å². The maximum absolute atomic E-state index is 15.2. The Labute approximate surface area is 344 Å². The summed E-state index contributed by atoms with van der Waals surface area (Å²) in [5.41, 5.74) is 14.1. The molecular formula is C55H35FN2S. The van der Waals surface area contributed by atoms with Gasteiger partial charge in [0.05, 0.1) is 22.1 Å². The molecule has 0 unspecified atom stereocenters. The van der Waals surface area contributed by atoms with E-state index in [4.69, 9.17) is 0 Å².